The summed E-state index contributed by atoms with van der Waals surface area (Å²) in [4.78, 5) is 12.3. The Morgan fingerprint density at radius 3 is 2.33 bits per heavy atom. The van der Waals surface area contributed by atoms with Crippen molar-refractivity contribution in [3.05, 3.63) is 35.9 Å². The van der Waals surface area contributed by atoms with Crippen LogP contribution in [-0.4, -0.2) is 17.8 Å². The summed E-state index contributed by atoms with van der Waals surface area (Å²) in [6.45, 7) is 7.91. The van der Waals surface area contributed by atoms with Gasteiger partial charge in [-0.3, -0.25) is 4.79 Å². The lowest BCUT2D eigenvalue weighted by atomic mass is 9.83. The van der Waals surface area contributed by atoms with Gasteiger partial charge >= 0.3 is 0 Å². The van der Waals surface area contributed by atoms with Gasteiger partial charge in [-0.2, -0.15) is 0 Å². The molecule has 100 valence electrons. The van der Waals surface area contributed by atoms with Crippen LogP contribution in [0.25, 0.3) is 0 Å². The fraction of sp³-hybridized carbons (Fsp3) is 0.533. The molecule has 0 aliphatic carbocycles. The van der Waals surface area contributed by atoms with Crippen LogP contribution >= 0.6 is 11.6 Å². The second kappa shape index (κ2) is 6.24. The number of benzene rings is 1. The second-order valence-electron chi connectivity index (χ2n) is 5.38. The molecule has 0 radical (unpaired) electrons. The van der Waals surface area contributed by atoms with E-state index in [1.54, 1.807) is 0 Å². The summed E-state index contributed by atoms with van der Waals surface area (Å²) in [5.41, 5.74) is 0.495. The summed E-state index contributed by atoms with van der Waals surface area (Å²) in [7, 11) is 0. The molecule has 1 N–H and O–H groups in total. The average Bonchev–Trinajstić information content (AvgIpc) is 2.38. The number of carbonyl (C=O) groups is 1. The summed E-state index contributed by atoms with van der Waals surface area (Å²) in [6.07, 6.45) is 0. The van der Waals surface area contributed by atoms with E-state index >= 15 is 0 Å². The highest BCUT2D eigenvalue weighted by atomic mass is 35.5. The molecule has 3 heteroatoms. The molecule has 0 spiro atoms. The molecule has 2 unspecified atom stereocenters. The van der Waals surface area contributed by atoms with Crippen molar-refractivity contribution in [2.24, 2.45) is 5.92 Å². The molecule has 2 atom stereocenters. The van der Waals surface area contributed by atoms with Crippen LogP contribution in [0, 0.1) is 5.92 Å². The molecule has 18 heavy (non-hydrogen) atoms. The van der Waals surface area contributed by atoms with E-state index in [2.05, 4.69) is 5.32 Å². The number of rotatable bonds is 5. The van der Waals surface area contributed by atoms with Gasteiger partial charge in [0.2, 0.25) is 5.91 Å². The lowest BCUT2D eigenvalue weighted by Gasteiger charge is -2.28. The maximum atomic E-state index is 12.3. The third-order valence-corrected chi connectivity index (χ3v) is 4.01. The maximum absolute atomic E-state index is 12.3. The molecule has 1 aromatic rings. The van der Waals surface area contributed by atoms with Crippen molar-refractivity contribution in [1.82, 2.24) is 5.32 Å². The van der Waals surface area contributed by atoms with Crippen LogP contribution in [0.4, 0.5) is 0 Å². The highest BCUT2D eigenvalue weighted by Gasteiger charge is 2.30. The third-order valence-electron chi connectivity index (χ3n) is 3.52. The van der Waals surface area contributed by atoms with Crippen LogP contribution in [-0.2, 0) is 10.2 Å². The Bertz CT molecular complexity index is 389. The predicted octanol–water partition coefficient (Wildman–Crippen LogP) is 3.34. The van der Waals surface area contributed by atoms with Gasteiger partial charge in [-0.15, -0.1) is 11.6 Å². The molecule has 0 heterocycles. The Labute approximate surface area is 115 Å². The first-order valence-electron chi connectivity index (χ1n) is 6.32. The normalized spacial score (nSPS) is 14.9. The quantitative estimate of drug-likeness (QED) is 0.815. The summed E-state index contributed by atoms with van der Waals surface area (Å²) < 4.78 is 0. The summed E-state index contributed by atoms with van der Waals surface area (Å²) >= 11 is 5.81. The van der Waals surface area contributed by atoms with Crippen molar-refractivity contribution in [2.75, 3.05) is 5.88 Å². The van der Waals surface area contributed by atoms with Crippen molar-refractivity contribution in [2.45, 2.75) is 39.2 Å². The molecule has 0 aliphatic heterocycles. The largest absolute Gasteiger partial charge is 0.353 e. The minimum Gasteiger partial charge on any atom is -0.353 e. The van der Waals surface area contributed by atoms with Gasteiger partial charge in [0.15, 0.2) is 0 Å². The molecule has 0 aromatic heterocycles. The minimum atomic E-state index is -0.526. The van der Waals surface area contributed by atoms with Crippen molar-refractivity contribution >= 4 is 17.5 Å². The fourth-order valence-corrected chi connectivity index (χ4v) is 1.92. The van der Waals surface area contributed by atoms with E-state index in [4.69, 9.17) is 11.6 Å². The van der Waals surface area contributed by atoms with Gasteiger partial charge in [0.05, 0.1) is 5.41 Å². The van der Waals surface area contributed by atoms with E-state index < -0.39 is 5.41 Å². The molecule has 1 amide bonds. The van der Waals surface area contributed by atoms with Gasteiger partial charge < -0.3 is 5.32 Å². The first-order valence-corrected chi connectivity index (χ1v) is 6.85. The lowest BCUT2D eigenvalue weighted by Crippen LogP contribution is -2.46. The molecule has 0 fully saturated rings. The van der Waals surface area contributed by atoms with Gasteiger partial charge in [-0.05, 0) is 32.3 Å². The molecule has 0 saturated heterocycles. The molecule has 0 saturated carbocycles. The minimum absolute atomic E-state index is 0.0400. The molecular weight excluding hydrogens is 246 g/mol. The number of halogens is 1. The number of nitrogens with one attached hydrogen (secondary N) is 1. The maximum Gasteiger partial charge on any atom is 0.230 e. The summed E-state index contributed by atoms with van der Waals surface area (Å²) in [5.74, 6) is 0.855. The zero-order valence-corrected chi connectivity index (χ0v) is 12.3. The van der Waals surface area contributed by atoms with Crippen LogP contribution in [0.2, 0.25) is 0 Å². The highest BCUT2D eigenvalue weighted by Crippen LogP contribution is 2.23. The van der Waals surface area contributed by atoms with E-state index in [9.17, 15) is 4.79 Å². The van der Waals surface area contributed by atoms with Crippen LogP contribution in [0.5, 0.6) is 0 Å². The van der Waals surface area contributed by atoms with E-state index in [0.717, 1.165) is 5.56 Å². The molecule has 2 nitrogen and oxygen atoms in total. The number of hydrogen-bond donors (Lipinski definition) is 1. The molecule has 1 rings (SSSR count). The van der Waals surface area contributed by atoms with Crippen molar-refractivity contribution in [3.8, 4) is 0 Å². The van der Waals surface area contributed by atoms with Gasteiger partial charge in [-0.1, -0.05) is 37.3 Å². The van der Waals surface area contributed by atoms with Crippen LogP contribution in [0.15, 0.2) is 30.3 Å². The van der Waals surface area contributed by atoms with Crippen LogP contribution in [0.1, 0.15) is 33.3 Å². The molecule has 1 aromatic carbocycles. The smallest absolute Gasteiger partial charge is 0.230 e. The SMILES string of the molecule is CC(CCl)C(C)NC(=O)C(C)(C)c1ccccc1. The number of alkyl halides is 1. The topological polar surface area (TPSA) is 29.1 Å². The predicted molar refractivity (Wildman–Crippen MR) is 77.0 cm³/mol. The number of amides is 1. The Balaban J connectivity index is 2.77. The first kappa shape index (κ1) is 15.0. The van der Waals surface area contributed by atoms with E-state index in [0.29, 0.717) is 5.88 Å². The van der Waals surface area contributed by atoms with E-state index in [1.165, 1.54) is 0 Å². The monoisotopic (exact) mass is 267 g/mol. The van der Waals surface area contributed by atoms with E-state index in [1.807, 2.05) is 58.0 Å². The number of carbonyl (C=O) groups excluding carboxylic acids is 1. The van der Waals surface area contributed by atoms with Gasteiger partial charge in [-0.25, -0.2) is 0 Å². The lowest BCUT2D eigenvalue weighted by molar-refractivity contribution is -0.126. The van der Waals surface area contributed by atoms with Crippen LogP contribution in [0.3, 0.4) is 0 Å². The van der Waals surface area contributed by atoms with Crippen LogP contribution < -0.4 is 5.32 Å². The molecular formula is C15H22ClNO. The molecule has 0 bridgehead atoms. The highest BCUT2D eigenvalue weighted by molar-refractivity contribution is 6.18. The number of hydrogen-bond acceptors (Lipinski definition) is 1. The Morgan fingerprint density at radius 1 is 1.28 bits per heavy atom. The fourth-order valence-electron chi connectivity index (χ4n) is 1.65. The van der Waals surface area contributed by atoms with Gasteiger partial charge in [0.1, 0.15) is 0 Å². The summed E-state index contributed by atoms with van der Waals surface area (Å²) in [6, 6.07) is 9.91. The zero-order chi connectivity index (χ0) is 13.8. The van der Waals surface area contributed by atoms with Crippen molar-refractivity contribution in [3.63, 3.8) is 0 Å². The van der Waals surface area contributed by atoms with E-state index in [-0.39, 0.29) is 17.9 Å². The average molecular weight is 268 g/mol. The standard InChI is InChI=1S/C15H22ClNO/c1-11(10-16)12(2)17-14(18)15(3,4)13-8-6-5-7-9-13/h5-9,11-12H,10H2,1-4H3,(H,17,18). The molecule has 0 aliphatic rings. The third kappa shape index (κ3) is 3.49. The van der Waals surface area contributed by atoms with Gasteiger partial charge in [0.25, 0.3) is 0 Å². The first-order chi connectivity index (χ1) is 8.39. The van der Waals surface area contributed by atoms with Crippen molar-refractivity contribution < 1.29 is 4.79 Å². The van der Waals surface area contributed by atoms with Gasteiger partial charge in [0, 0.05) is 11.9 Å². The zero-order valence-electron chi connectivity index (χ0n) is 11.5. The Kier molecular flexibility index (Phi) is 5.21. The second-order valence-corrected chi connectivity index (χ2v) is 5.69. The Hall–Kier alpha value is -1.02. The Morgan fingerprint density at radius 2 is 1.83 bits per heavy atom. The van der Waals surface area contributed by atoms with Crippen molar-refractivity contribution in [1.29, 1.82) is 0 Å². The summed E-state index contributed by atoms with van der Waals surface area (Å²) in [5, 5.41) is 3.05.